The number of piperazine rings is 1. The Kier molecular flexibility index (Phi) is 8.70. The summed E-state index contributed by atoms with van der Waals surface area (Å²) in [5.41, 5.74) is 0. The lowest BCUT2D eigenvalue weighted by molar-refractivity contribution is -0.159. The quantitative estimate of drug-likeness (QED) is 0.629. The van der Waals surface area contributed by atoms with E-state index in [1.54, 1.807) is 0 Å². The van der Waals surface area contributed by atoms with Gasteiger partial charge in [0, 0.05) is 32.2 Å². The normalized spacial score (nSPS) is 21.2. The first-order valence-corrected chi connectivity index (χ1v) is 8.50. The van der Waals surface area contributed by atoms with Crippen LogP contribution in [0.4, 0.5) is 0 Å². The average molecular weight is 343 g/mol. The third kappa shape index (κ3) is 7.27. The summed E-state index contributed by atoms with van der Waals surface area (Å²) in [5.74, 6) is -3.42. The number of nitrogens with one attached hydrogen (secondary N) is 1. The molecule has 1 atom stereocenters. The molecule has 138 valence electrons. The molecule has 0 radical (unpaired) electrons. The van der Waals surface area contributed by atoms with Crippen molar-refractivity contribution >= 4 is 17.8 Å². The van der Waals surface area contributed by atoms with Crippen molar-refractivity contribution in [1.29, 1.82) is 0 Å². The molecule has 1 saturated carbocycles. The van der Waals surface area contributed by atoms with E-state index in [9.17, 15) is 4.79 Å². The second-order valence-corrected chi connectivity index (χ2v) is 6.47. The molecule has 0 aromatic rings. The Hall–Kier alpha value is -1.67. The second-order valence-electron chi connectivity index (χ2n) is 6.47. The number of nitrogens with zero attached hydrogens (tertiary/aromatic N) is 2. The van der Waals surface area contributed by atoms with Gasteiger partial charge in [0.15, 0.2) is 0 Å². The van der Waals surface area contributed by atoms with Crippen LogP contribution in [0.25, 0.3) is 0 Å². The van der Waals surface area contributed by atoms with E-state index in [-0.39, 0.29) is 11.9 Å². The van der Waals surface area contributed by atoms with Crippen LogP contribution < -0.4 is 5.32 Å². The van der Waals surface area contributed by atoms with Gasteiger partial charge in [-0.3, -0.25) is 9.69 Å². The van der Waals surface area contributed by atoms with Crippen molar-refractivity contribution in [2.24, 2.45) is 0 Å². The Morgan fingerprint density at radius 3 is 1.92 bits per heavy atom. The van der Waals surface area contributed by atoms with Crippen LogP contribution in [-0.2, 0) is 14.4 Å². The van der Waals surface area contributed by atoms with Crippen molar-refractivity contribution in [3.05, 3.63) is 0 Å². The minimum Gasteiger partial charge on any atom is -0.473 e. The lowest BCUT2D eigenvalue weighted by Crippen LogP contribution is -2.54. The highest BCUT2D eigenvalue weighted by molar-refractivity contribution is 6.27. The number of carbonyl (C=O) groups is 3. The van der Waals surface area contributed by atoms with Crippen LogP contribution in [0.1, 0.15) is 39.0 Å². The van der Waals surface area contributed by atoms with Gasteiger partial charge in [0.25, 0.3) is 0 Å². The van der Waals surface area contributed by atoms with Crippen molar-refractivity contribution in [3.8, 4) is 0 Å². The molecule has 2 aliphatic rings. The van der Waals surface area contributed by atoms with Gasteiger partial charge in [-0.1, -0.05) is 19.3 Å². The number of likely N-dealkylation sites (N-methyl/N-ethyl adjacent to an activating group) is 1. The number of amides is 1. The first-order chi connectivity index (χ1) is 11.3. The molecule has 8 heteroatoms. The van der Waals surface area contributed by atoms with Gasteiger partial charge in [-0.25, -0.2) is 9.59 Å². The number of carboxylic acid groups (broad SMARTS) is 2. The summed E-state index contributed by atoms with van der Waals surface area (Å²) in [5, 5.41) is 18.0. The second kappa shape index (κ2) is 10.2. The van der Waals surface area contributed by atoms with Gasteiger partial charge in [-0.15, -0.1) is 0 Å². The van der Waals surface area contributed by atoms with Crippen LogP contribution in [0.15, 0.2) is 0 Å². The van der Waals surface area contributed by atoms with E-state index in [0.717, 1.165) is 26.2 Å². The SMILES string of the molecule is CC(C(=O)NC1CCCCC1)N1CCN(C)CC1.O=C(O)C(=O)O. The molecule has 0 spiro atoms. The Labute approximate surface area is 142 Å². The van der Waals surface area contributed by atoms with Crippen molar-refractivity contribution < 1.29 is 24.6 Å². The molecule has 1 amide bonds. The summed E-state index contributed by atoms with van der Waals surface area (Å²) in [7, 11) is 2.14. The van der Waals surface area contributed by atoms with Crippen LogP contribution in [0.5, 0.6) is 0 Å². The molecule has 0 aromatic heterocycles. The molecule has 1 unspecified atom stereocenters. The maximum atomic E-state index is 12.2. The van der Waals surface area contributed by atoms with E-state index in [2.05, 4.69) is 22.2 Å². The minimum atomic E-state index is -1.82. The van der Waals surface area contributed by atoms with Crippen molar-refractivity contribution in [2.75, 3.05) is 33.2 Å². The summed E-state index contributed by atoms with van der Waals surface area (Å²) in [6, 6.07) is 0.460. The monoisotopic (exact) mass is 343 g/mol. The number of hydrogen-bond acceptors (Lipinski definition) is 5. The van der Waals surface area contributed by atoms with Crippen LogP contribution in [0, 0.1) is 0 Å². The standard InChI is InChI=1S/C14H27N3O.C2H2O4/c1-12(17-10-8-16(2)9-11-17)14(18)15-13-6-4-3-5-7-13;3-1(4)2(5)6/h12-13H,3-11H2,1-2H3,(H,15,18);(H,3,4)(H,5,6). The van der Waals surface area contributed by atoms with Gasteiger partial charge in [0.1, 0.15) is 0 Å². The lowest BCUT2D eigenvalue weighted by atomic mass is 9.95. The summed E-state index contributed by atoms with van der Waals surface area (Å²) in [6.45, 7) is 6.21. The number of carbonyl (C=O) groups excluding carboxylic acids is 1. The Bertz CT molecular complexity index is 417. The van der Waals surface area contributed by atoms with Gasteiger partial charge >= 0.3 is 11.9 Å². The molecular weight excluding hydrogens is 314 g/mol. The van der Waals surface area contributed by atoms with Crippen LogP contribution in [-0.4, -0.2) is 83.2 Å². The number of rotatable bonds is 3. The smallest absolute Gasteiger partial charge is 0.414 e. The highest BCUT2D eigenvalue weighted by atomic mass is 16.4. The average Bonchev–Trinajstić information content (AvgIpc) is 2.56. The summed E-state index contributed by atoms with van der Waals surface area (Å²) < 4.78 is 0. The maximum Gasteiger partial charge on any atom is 0.414 e. The maximum absolute atomic E-state index is 12.2. The Morgan fingerprint density at radius 2 is 1.46 bits per heavy atom. The molecule has 1 aliphatic heterocycles. The van der Waals surface area contributed by atoms with E-state index in [0.29, 0.717) is 6.04 Å². The lowest BCUT2D eigenvalue weighted by Gasteiger charge is -2.36. The fraction of sp³-hybridized carbons (Fsp3) is 0.812. The van der Waals surface area contributed by atoms with Gasteiger partial charge in [0.2, 0.25) is 5.91 Å². The van der Waals surface area contributed by atoms with Crippen molar-refractivity contribution in [3.63, 3.8) is 0 Å². The summed E-state index contributed by atoms with van der Waals surface area (Å²) in [4.78, 5) is 35.1. The molecule has 8 nitrogen and oxygen atoms in total. The third-order valence-electron chi connectivity index (χ3n) is 4.60. The molecule has 24 heavy (non-hydrogen) atoms. The van der Waals surface area contributed by atoms with Crippen molar-refractivity contribution in [1.82, 2.24) is 15.1 Å². The van der Waals surface area contributed by atoms with Crippen molar-refractivity contribution in [2.45, 2.75) is 51.1 Å². The van der Waals surface area contributed by atoms with E-state index in [1.165, 1.54) is 32.1 Å². The predicted molar refractivity (Wildman–Crippen MR) is 88.8 cm³/mol. The third-order valence-corrected chi connectivity index (χ3v) is 4.60. The number of carboxylic acids is 2. The number of aliphatic carboxylic acids is 2. The van der Waals surface area contributed by atoms with Gasteiger partial charge < -0.3 is 20.4 Å². The highest BCUT2D eigenvalue weighted by Gasteiger charge is 2.26. The molecule has 2 fully saturated rings. The molecule has 2 rings (SSSR count). The van der Waals surface area contributed by atoms with Gasteiger partial charge in [0.05, 0.1) is 6.04 Å². The molecule has 3 N–H and O–H groups in total. The topological polar surface area (TPSA) is 110 Å². The molecule has 0 bridgehead atoms. The van der Waals surface area contributed by atoms with Crippen LogP contribution >= 0.6 is 0 Å². The zero-order chi connectivity index (χ0) is 18.1. The van der Waals surface area contributed by atoms with E-state index >= 15 is 0 Å². The fourth-order valence-corrected chi connectivity index (χ4v) is 2.94. The molecule has 1 aliphatic carbocycles. The number of hydrogen-bond donors (Lipinski definition) is 3. The summed E-state index contributed by atoms with van der Waals surface area (Å²) in [6.07, 6.45) is 6.21. The zero-order valence-electron chi connectivity index (χ0n) is 14.5. The highest BCUT2D eigenvalue weighted by Crippen LogP contribution is 2.17. The van der Waals surface area contributed by atoms with Gasteiger partial charge in [-0.2, -0.15) is 0 Å². The predicted octanol–water partition coefficient (Wildman–Crippen LogP) is 0.227. The molecule has 0 aromatic carbocycles. The zero-order valence-corrected chi connectivity index (χ0v) is 14.5. The summed E-state index contributed by atoms with van der Waals surface area (Å²) >= 11 is 0. The minimum absolute atomic E-state index is 0.0284. The first kappa shape index (κ1) is 20.4. The van der Waals surface area contributed by atoms with E-state index < -0.39 is 11.9 Å². The molecule has 1 heterocycles. The molecular formula is C16H29N3O5. The largest absolute Gasteiger partial charge is 0.473 e. The van der Waals surface area contributed by atoms with E-state index in [4.69, 9.17) is 19.8 Å². The Balaban J connectivity index is 0.000000413. The van der Waals surface area contributed by atoms with E-state index in [1.807, 2.05) is 6.92 Å². The van der Waals surface area contributed by atoms with Crippen LogP contribution in [0.2, 0.25) is 0 Å². The molecule has 1 saturated heterocycles. The fourth-order valence-electron chi connectivity index (χ4n) is 2.94. The van der Waals surface area contributed by atoms with Gasteiger partial charge in [-0.05, 0) is 26.8 Å². The Morgan fingerprint density at radius 1 is 0.958 bits per heavy atom. The van der Waals surface area contributed by atoms with Crippen LogP contribution in [0.3, 0.4) is 0 Å². The first-order valence-electron chi connectivity index (χ1n) is 8.50.